The van der Waals surface area contributed by atoms with Gasteiger partial charge in [0.2, 0.25) is 0 Å². The Morgan fingerprint density at radius 2 is 1.92 bits per heavy atom. The maximum Gasteiger partial charge on any atom is 0.162 e. The molecule has 5 heteroatoms. The number of aldehydes is 1. The van der Waals surface area contributed by atoms with Crippen molar-refractivity contribution in [3.8, 4) is 0 Å². The number of rotatable bonds is 3. The average Bonchev–Trinajstić information content (AvgIpc) is 3.00. The number of Topliss-reactive ketones (excluding diaryl/α,β-unsaturated/α-hetero) is 1. The van der Waals surface area contributed by atoms with E-state index >= 15 is 0 Å². The first kappa shape index (κ1) is 18.6. The summed E-state index contributed by atoms with van der Waals surface area (Å²) < 4.78 is 0. The molecule has 4 fully saturated rings. The summed E-state index contributed by atoms with van der Waals surface area (Å²) in [5.41, 5.74) is -0.784. The molecule has 0 aromatic carbocycles. The van der Waals surface area contributed by atoms with Crippen molar-refractivity contribution in [2.45, 2.75) is 70.5 Å². The maximum atomic E-state index is 12.3. The predicted molar refractivity (Wildman–Crippen MR) is 95.1 cm³/mol. The highest BCUT2D eigenvalue weighted by atomic mass is 16.3. The van der Waals surface area contributed by atoms with Crippen LogP contribution in [0, 0.1) is 40.4 Å². The molecule has 0 bridgehead atoms. The molecule has 3 N–H and O–H groups in total. The van der Waals surface area contributed by atoms with Gasteiger partial charge in [0.1, 0.15) is 12.9 Å². The summed E-state index contributed by atoms with van der Waals surface area (Å²) in [7, 11) is 0. The molecule has 4 saturated carbocycles. The van der Waals surface area contributed by atoms with Gasteiger partial charge in [0.05, 0.1) is 12.2 Å². The highest BCUT2D eigenvalue weighted by Crippen LogP contribution is 2.67. The van der Waals surface area contributed by atoms with Gasteiger partial charge in [-0.15, -0.1) is 0 Å². The van der Waals surface area contributed by atoms with Gasteiger partial charge in [-0.05, 0) is 80.5 Å². The fraction of sp³-hybridized carbons (Fsp3) is 0.905. The lowest BCUT2D eigenvalue weighted by molar-refractivity contribution is -0.182. The first-order valence-electron chi connectivity index (χ1n) is 10.3. The van der Waals surface area contributed by atoms with Gasteiger partial charge < -0.3 is 20.1 Å². The summed E-state index contributed by atoms with van der Waals surface area (Å²) in [4.78, 5) is 24.6. The van der Waals surface area contributed by atoms with Gasteiger partial charge in [-0.1, -0.05) is 6.92 Å². The third-order valence-electron chi connectivity index (χ3n) is 8.94. The van der Waals surface area contributed by atoms with Crippen LogP contribution in [0.1, 0.15) is 58.3 Å². The molecule has 0 heterocycles. The maximum absolute atomic E-state index is 12.3. The molecule has 5 nitrogen and oxygen atoms in total. The van der Waals surface area contributed by atoms with Crippen LogP contribution in [0.2, 0.25) is 0 Å². The Balaban J connectivity index is 1.69. The minimum atomic E-state index is -0.794. The molecule has 9 atom stereocenters. The van der Waals surface area contributed by atoms with E-state index in [2.05, 4.69) is 6.92 Å². The van der Waals surface area contributed by atoms with E-state index < -0.39 is 24.0 Å². The zero-order valence-corrected chi connectivity index (χ0v) is 15.6. The Hall–Kier alpha value is -0.780. The minimum Gasteiger partial charge on any atom is -0.393 e. The molecule has 0 aromatic rings. The molecule has 0 radical (unpaired) electrons. The van der Waals surface area contributed by atoms with Crippen molar-refractivity contribution in [3.05, 3.63) is 0 Å². The number of aliphatic hydroxyl groups is 3. The molecule has 0 aliphatic heterocycles. The third kappa shape index (κ3) is 2.39. The molecule has 4 rings (SSSR count). The second kappa shape index (κ2) is 6.39. The third-order valence-corrected chi connectivity index (χ3v) is 8.94. The molecule has 0 amide bonds. The number of ketones is 1. The topological polar surface area (TPSA) is 94.8 Å². The summed E-state index contributed by atoms with van der Waals surface area (Å²) in [6, 6.07) is 0. The van der Waals surface area contributed by atoms with Crippen LogP contribution >= 0.6 is 0 Å². The molecule has 4 aliphatic rings. The van der Waals surface area contributed by atoms with E-state index in [1.165, 1.54) is 0 Å². The van der Waals surface area contributed by atoms with Crippen LogP contribution in [0.4, 0.5) is 0 Å². The molecule has 0 saturated heterocycles. The van der Waals surface area contributed by atoms with Gasteiger partial charge in [0.15, 0.2) is 5.78 Å². The van der Waals surface area contributed by atoms with Crippen molar-refractivity contribution in [1.82, 2.24) is 0 Å². The van der Waals surface area contributed by atoms with Crippen molar-refractivity contribution in [1.29, 1.82) is 0 Å². The standard InChI is InChI=1S/C21H32O5/c1-20-7-6-13(24)8-12(20)2-3-14-15-4-5-16(18(26)10-22)21(15,11-23)9-17(25)19(14)20/h11-17,19,22,24-25H,2-10H2,1H3/t12?,13-,14?,15?,16?,17?,19?,20?,21?/m1/s1. The predicted octanol–water partition coefficient (Wildman–Crippen LogP) is 1.72. The SMILES string of the molecule is CC12CC[C@@H](O)CC1CCC1C2C(O)CC2(C=O)C(C(=O)CO)CCC12. The minimum absolute atomic E-state index is 0.00960. The lowest BCUT2D eigenvalue weighted by atomic mass is 9.43. The highest BCUT2D eigenvalue weighted by Gasteiger charge is 2.65. The van der Waals surface area contributed by atoms with Gasteiger partial charge in [-0.3, -0.25) is 4.79 Å². The lowest BCUT2D eigenvalue weighted by Crippen LogP contribution is -2.60. The van der Waals surface area contributed by atoms with Gasteiger partial charge in [-0.2, -0.15) is 0 Å². The van der Waals surface area contributed by atoms with Crippen LogP contribution in [0.3, 0.4) is 0 Å². The number of carbonyl (C=O) groups is 2. The number of carbonyl (C=O) groups excluding carboxylic acids is 2. The average molecular weight is 364 g/mol. The molecule has 146 valence electrons. The van der Waals surface area contributed by atoms with Crippen molar-refractivity contribution < 1.29 is 24.9 Å². The lowest BCUT2D eigenvalue weighted by Gasteiger charge is -2.61. The van der Waals surface area contributed by atoms with E-state index in [4.69, 9.17) is 0 Å². The molecule has 8 unspecified atom stereocenters. The van der Waals surface area contributed by atoms with Gasteiger partial charge in [0.25, 0.3) is 0 Å². The fourth-order valence-corrected chi connectivity index (χ4v) is 7.85. The zero-order valence-electron chi connectivity index (χ0n) is 15.6. The smallest absolute Gasteiger partial charge is 0.162 e. The number of hydrogen-bond acceptors (Lipinski definition) is 5. The Kier molecular flexibility index (Phi) is 4.56. The van der Waals surface area contributed by atoms with Crippen LogP contribution < -0.4 is 0 Å². The first-order chi connectivity index (χ1) is 12.4. The van der Waals surface area contributed by atoms with E-state index in [0.29, 0.717) is 18.8 Å². The van der Waals surface area contributed by atoms with Crippen molar-refractivity contribution in [3.63, 3.8) is 0 Å². The van der Waals surface area contributed by atoms with Crippen LogP contribution in [0.15, 0.2) is 0 Å². The summed E-state index contributed by atoms with van der Waals surface area (Å²) in [6.07, 6.45) is 6.51. The normalized spacial score (nSPS) is 53.3. The zero-order chi connectivity index (χ0) is 18.7. The molecule has 4 aliphatic carbocycles. The van der Waals surface area contributed by atoms with Gasteiger partial charge >= 0.3 is 0 Å². The number of hydrogen-bond donors (Lipinski definition) is 3. The van der Waals surface area contributed by atoms with Gasteiger partial charge in [-0.25, -0.2) is 0 Å². The fourth-order valence-electron chi connectivity index (χ4n) is 7.85. The van der Waals surface area contributed by atoms with Crippen molar-refractivity contribution in [2.24, 2.45) is 40.4 Å². The van der Waals surface area contributed by atoms with E-state index in [1.807, 2.05) is 0 Å². The Morgan fingerprint density at radius 1 is 1.15 bits per heavy atom. The van der Waals surface area contributed by atoms with Gasteiger partial charge in [0, 0.05) is 11.3 Å². The molecular weight excluding hydrogens is 332 g/mol. The van der Waals surface area contributed by atoms with E-state index in [1.54, 1.807) is 0 Å². The van der Waals surface area contributed by atoms with E-state index in [9.17, 15) is 24.9 Å². The largest absolute Gasteiger partial charge is 0.393 e. The quantitative estimate of drug-likeness (QED) is 0.663. The Morgan fingerprint density at radius 3 is 2.62 bits per heavy atom. The van der Waals surface area contributed by atoms with Crippen LogP contribution in [0.5, 0.6) is 0 Å². The summed E-state index contributed by atoms with van der Waals surface area (Å²) in [6.45, 7) is 1.76. The second-order valence-corrected chi connectivity index (χ2v) is 9.76. The number of aliphatic hydroxyl groups excluding tert-OH is 3. The van der Waals surface area contributed by atoms with Crippen molar-refractivity contribution >= 4 is 12.1 Å². The van der Waals surface area contributed by atoms with Crippen LogP contribution in [-0.2, 0) is 9.59 Å². The Labute approximate surface area is 155 Å². The molecule has 0 spiro atoms. The molecular formula is C21H32O5. The monoisotopic (exact) mass is 364 g/mol. The van der Waals surface area contributed by atoms with Crippen LogP contribution in [-0.4, -0.2) is 46.2 Å². The van der Waals surface area contributed by atoms with E-state index in [-0.39, 0.29) is 35.1 Å². The van der Waals surface area contributed by atoms with Crippen molar-refractivity contribution in [2.75, 3.05) is 6.61 Å². The Bertz CT molecular complexity index is 591. The second-order valence-electron chi connectivity index (χ2n) is 9.76. The molecule has 26 heavy (non-hydrogen) atoms. The first-order valence-corrected chi connectivity index (χ1v) is 10.3. The molecule has 0 aromatic heterocycles. The summed E-state index contributed by atoms with van der Waals surface area (Å²) in [5.74, 6) is 0.294. The van der Waals surface area contributed by atoms with E-state index in [0.717, 1.165) is 44.8 Å². The van der Waals surface area contributed by atoms with Crippen LogP contribution in [0.25, 0.3) is 0 Å². The summed E-state index contributed by atoms with van der Waals surface area (Å²) in [5, 5.41) is 30.7. The number of fused-ring (bicyclic) bond motifs is 5. The highest BCUT2D eigenvalue weighted by molar-refractivity contribution is 5.87. The summed E-state index contributed by atoms with van der Waals surface area (Å²) >= 11 is 0.